The van der Waals surface area contributed by atoms with Gasteiger partial charge in [-0.2, -0.15) is 0 Å². The molecule has 0 amide bonds. The van der Waals surface area contributed by atoms with Gasteiger partial charge in [0.25, 0.3) is 15.2 Å². The first-order valence-electron chi connectivity index (χ1n) is 2.97. The van der Waals surface area contributed by atoms with Crippen LogP contribution < -0.4 is 4.43 Å². The number of hydrogen-bond acceptors (Lipinski definition) is 0. The molecule has 0 bridgehead atoms. The molecule has 0 aromatic heterocycles. The molecule has 0 nitrogen and oxygen atoms in total. The average molecular weight is 120 g/mol. The van der Waals surface area contributed by atoms with Crippen molar-refractivity contribution >= 4 is 19.6 Å². The van der Waals surface area contributed by atoms with Crippen molar-refractivity contribution in [2.24, 2.45) is 0 Å². The quantitative estimate of drug-likeness (QED) is 0.481. The summed E-state index contributed by atoms with van der Waals surface area (Å²) in [6, 6.07) is 10.7. The molecule has 0 saturated heterocycles. The zero-order chi connectivity index (χ0) is 5.82. The SMILES string of the molecule is [CH3][AlH][c]1ccccc1. The van der Waals surface area contributed by atoms with Crippen molar-refractivity contribution in [3.8, 4) is 0 Å². The third kappa shape index (κ3) is 1.37. The summed E-state index contributed by atoms with van der Waals surface area (Å²) in [4.78, 5) is 0. The predicted octanol–water partition coefficient (Wildman–Crippen LogP) is 0.796. The van der Waals surface area contributed by atoms with Crippen LogP contribution in [0.15, 0.2) is 30.3 Å². The lowest BCUT2D eigenvalue weighted by atomic mass is 10.4. The minimum atomic E-state index is 0.0913. The highest BCUT2D eigenvalue weighted by molar-refractivity contribution is 6.51. The highest BCUT2D eigenvalue weighted by atomic mass is 27.1. The summed E-state index contributed by atoms with van der Waals surface area (Å²) >= 11 is 0.0913. The van der Waals surface area contributed by atoms with E-state index in [2.05, 4.69) is 36.1 Å². The van der Waals surface area contributed by atoms with E-state index in [9.17, 15) is 0 Å². The van der Waals surface area contributed by atoms with Crippen molar-refractivity contribution in [3.63, 3.8) is 0 Å². The molecule has 0 atom stereocenters. The molecule has 0 aliphatic carbocycles. The summed E-state index contributed by atoms with van der Waals surface area (Å²) in [6.07, 6.45) is 0. The van der Waals surface area contributed by atoms with E-state index >= 15 is 0 Å². The van der Waals surface area contributed by atoms with Crippen LogP contribution in [0.5, 0.6) is 0 Å². The van der Waals surface area contributed by atoms with Gasteiger partial charge in [0.15, 0.2) is 0 Å². The summed E-state index contributed by atoms with van der Waals surface area (Å²) in [5, 5.41) is 0. The van der Waals surface area contributed by atoms with Gasteiger partial charge in [-0.1, -0.05) is 30.3 Å². The second-order valence-electron chi connectivity index (χ2n) is 1.84. The van der Waals surface area contributed by atoms with Crippen LogP contribution in [0.2, 0.25) is 5.79 Å². The van der Waals surface area contributed by atoms with Crippen LogP contribution in [0.4, 0.5) is 0 Å². The molecule has 1 aromatic rings. The Kier molecular flexibility index (Phi) is 2.14. The molecule has 0 radical (unpaired) electrons. The maximum atomic E-state index is 2.30. The summed E-state index contributed by atoms with van der Waals surface area (Å²) < 4.78 is 1.55. The topological polar surface area (TPSA) is 0 Å². The first kappa shape index (κ1) is 5.88. The third-order valence-corrected chi connectivity index (χ3v) is 2.54. The molecule has 0 saturated carbocycles. The first-order chi connectivity index (χ1) is 3.93. The second kappa shape index (κ2) is 2.92. The Hall–Kier alpha value is -0.248. The van der Waals surface area contributed by atoms with E-state index < -0.39 is 0 Å². The minimum Gasteiger partial charge on any atom is -0.116 e. The lowest BCUT2D eigenvalue weighted by molar-refractivity contribution is 1.77. The van der Waals surface area contributed by atoms with Crippen LogP contribution in [0.3, 0.4) is 0 Å². The maximum Gasteiger partial charge on any atom is 0.279 e. The Morgan fingerprint density at radius 1 is 1.12 bits per heavy atom. The highest BCUT2D eigenvalue weighted by Crippen LogP contribution is 1.79. The van der Waals surface area contributed by atoms with E-state index in [1.165, 1.54) is 0 Å². The van der Waals surface area contributed by atoms with E-state index in [-0.39, 0.29) is 15.2 Å². The van der Waals surface area contributed by atoms with Gasteiger partial charge >= 0.3 is 0 Å². The Bertz CT molecular complexity index is 146. The molecule has 0 fully saturated rings. The molecule has 40 valence electrons. The predicted molar refractivity (Wildman–Crippen MR) is 39.1 cm³/mol. The van der Waals surface area contributed by atoms with Crippen LogP contribution in [0.25, 0.3) is 0 Å². The lowest BCUT2D eigenvalue weighted by Gasteiger charge is -1.87. The number of hydrogen-bond donors (Lipinski definition) is 0. The van der Waals surface area contributed by atoms with E-state index in [0.29, 0.717) is 0 Å². The van der Waals surface area contributed by atoms with E-state index in [0.717, 1.165) is 0 Å². The fraction of sp³-hybridized carbons (Fsp3) is 0.143. The Morgan fingerprint density at radius 3 is 2.12 bits per heavy atom. The molecular formula is C7H9Al. The fourth-order valence-corrected chi connectivity index (χ4v) is 1.46. The molecule has 0 aliphatic heterocycles. The van der Waals surface area contributed by atoms with Crippen molar-refractivity contribution in [2.45, 2.75) is 5.79 Å². The average Bonchev–Trinajstić information content (AvgIpc) is 1.90. The van der Waals surface area contributed by atoms with Crippen molar-refractivity contribution in [1.82, 2.24) is 0 Å². The van der Waals surface area contributed by atoms with Gasteiger partial charge in [0.05, 0.1) is 0 Å². The monoisotopic (exact) mass is 120 g/mol. The first-order valence-corrected chi connectivity index (χ1v) is 5.09. The standard InChI is InChI=1S/C6H5.CH3.Al.H/c1-2-4-6-5-3-1;;;/h1-5H;1H3;;. The van der Waals surface area contributed by atoms with E-state index in [4.69, 9.17) is 0 Å². The van der Waals surface area contributed by atoms with Crippen molar-refractivity contribution in [3.05, 3.63) is 30.3 Å². The van der Waals surface area contributed by atoms with E-state index in [1.54, 1.807) is 4.43 Å². The molecule has 0 heterocycles. The van der Waals surface area contributed by atoms with Crippen LogP contribution in [0, 0.1) is 0 Å². The van der Waals surface area contributed by atoms with Gasteiger partial charge in [-0.05, 0) is 0 Å². The molecule has 0 unspecified atom stereocenters. The normalized spacial score (nSPS) is 8.62. The van der Waals surface area contributed by atoms with Gasteiger partial charge < -0.3 is 0 Å². The molecule has 1 aromatic carbocycles. The van der Waals surface area contributed by atoms with Gasteiger partial charge in [-0.3, -0.25) is 0 Å². The maximum absolute atomic E-state index is 2.30. The van der Waals surface area contributed by atoms with Gasteiger partial charge in [-0.15, -0.1) is 10.2 Å². The van der Waals surface area contributed by atoms with Gasteiger partial charge in [-0.25, -0.2) is 0 Å². The smallest absolute Gasteiger partial charge is 0.116 e. The van der Waals surface area contributed by atoms with Crippen LogP contribution in [0.1, 0.15) is 0 Å². The molecule has 8 heavy (non-hydrogen) atoms. The number of benzene rings is 1. The largest absolute Gasteiger partial charge is 0.279 e. The molecule has 0 spiro atoms. The molecule has 0 aliphatic rings. The Labute approximate surface area is 56.3 Å². The van der Waals surface area contributed by atoms with E-state index in [1.807, 2.05) is 0 Å². The lowest BCUT2D eigenvalue weighted by Crippen LogP contribution is -2.07. The second-order valence-corrected chi connectivity index (χ2v) is 3.36. The third-order valence-electron chi connectivity index (χ3n) is 1.25. The number of rotatable bonds is 1. The highest BCUT2D eigenvalue weighted by Gasteiger charge is 1.84. The Morgan fingerprint density at radius 2 is 1.75 bits per heavy atom. The van der Waals surface area contributed by atoms with Crippen molar-refractivity contribution in [2.75, 3.05) is 0 Å². The summed E-state index contributed by atoms with van der Waals surface area (Å²) in [5.41, 5.74) is 0. The minimum absolute atomic E-state index is 0.0913. The zero-order valence-electron chi connectivity index (χ0n) is 5.09. The molecule has 0 N–H and O–H groups in total. The summed E-state index contributed by atoms with van der Waals surface area (Å²) in [6.45, 7) is 0. The summed E-state index contributed by atoms with van der Waals surface area (Å²) in [5.74, 6) is 2.30. The van der Waals surface area contributed by atoms with Crippen LogP contribution >= 0.6 is 0 Å². The van der Waals surface area contributed by atoms with Gasteiger partial charge in [0.2, 0.25) is 0 Å². The molecule has 1 heteroatoms. The van der Waals surface area contributed by atoms with Crippen LogP contribution in [-0.4, -0.2) is 15.2 Å². The molecular weight excluding hydrogens is 111 g/mol. The fourth-order valence-electron chi connectivity index (χ4n) is 0.714. The van der Waals surface area contributed by atoms with Gasteiger partial charge in [0.1, 0.15) is 0 Å². The zero-order valence-corrected chi connectivity index (χ0v) is 6.51. The van der Waals surface area contributed by atoms with Crippen LogP contribution in [-0.2, 0) is 0 Å². The summed E-state index contributed by atoms with van der Waals surface area (Å²) in [7, 11) is 0. The molecule has 1 rings (SSSR count). The van der Waals surface area contributed by atoms with Crippen molar-refractivity contribution < 1.29 is 0 Å². The van der Waals surface area contributed by atoms with Crippen molar-refractivity contribution in [1.29, 1.82) is 0 Å². The Balaban J connectivity index is 2.83. The van der Waals surface area contributed by atoms with Gasteiger partial charge in [0, 0.05) is 0 Å².